The lowest BCUT2D eigenvalue weighted by molar-refractivity contribution is 0.144. The van der Waals surface area contributed by atoms with Gasteiger partial charge in [0, 0.05) is 5.41 Å². The topological polar surface area (TPSA) is 0 Å². The highest BCUT2D eigenvalue weighted by molar-refractivity contribution is 5.54. The highest BCUT2D eigenvalue weighted by Crippen LogP contribution is 2.62. The summed E-state index contributed by atoms with van der Waals surface area (Å²) >= 11 is 0. The molecule has 0 nitrogen and oxygen atoms in total. The Morgan fingerprint density at radius 1 is 1.19 bits per heavy atom. The summed E-state index contributed by atoms with van der Waals surface area (Å²) in [7, 11) is 0. The molecule has 0 spiro atoms. The van der Waals surface area contributed by atoms with Crippen LogP contribution in [0.25, 0.3) is 0 Å². The van der Waals surface area contributed by atoms with E-state index in [1.165, 1.54) is 37.7 Å². The fraction of sp³-hybridized carbons (Fsp3) is 0.619. The summed E-state index contributed by atoms with van der Waals surface area (Å²) in [6, 6.07) is 0. The standard InChI is InChI=1S/C21H28/c1-4-15-9-11-18-17-10-8-16-7-5-6-13-20(16,2)19(17)12-14-21(15,18)3/h6-8,10,13,15,18H,4-5,9,11-12,14H2,1-3H3/t15-,18-,20-,21+/m0/s1. The second-order valence-corrected chi connectivity index (χ2v) is 8.01. The largest absolute Gasteiger partial charge is 0.0835 e. The van der Waals surface area contributed by atoms with E-state index in [9.17, 15) is 0 Å². The minimum atomic E-state index is 0.202. The van der Waals surface area contributed by atoms with Crippen LogP contribution in [0.2, 0.25) is 0 Å². The van der Waals surface area contributed by atoms with Gasteiger partial charge in [0.25, 0.3) is 0 Å². The van der Waals surface area contributed by atoms with Crippen LogP contribution in [-0.4, -0.2) is 0 Å². The molecule has 112 valence electrons. The Hall–Kier alpha value is -1.04. The number of rotatable bonds is 1. The Kier molecular flexibility index (Phi) is 2.90. The zero-order valence-corrected chi connectivity index (χ0v) is 13.8. The van der Waals surface area contributed by atoms with Crippen LogP contribution in [0, 0.1) is 22.7 Å². The van der Waals surface area contributed by atoms with Gasteiger partial charge in [-0.1, -0.05) is 56.2 Å². The van der Waals surface area contributed by atoms with Crippen LogP contribution in [0.4, 0.5) is 0 Å². The maximum absolute atomic E-state index is 2.58. The number of hydrogen-bond acceptors (Lipinski definition) is 0. The van der Waals surface area contributed by atoms with Gasteiger partial charge in [-0.25, -0.2) is 0 Å². The average Bonchev–Trinajstić information content (AvgIpc) is 2.83. The van der Waals surface area contributed by atoms with Crippen molar-refractivity contribution in [1.29, 1.82) is 0 Å². The summed E-state index contributed by atoms with van der Waals surface area (Å²) in [4.78, 5) is 0. The normalized spacial score (nSPS) is 44.2. The van der Waals surface area contributed by atoms with Crippen molar-refractivity contribution >= 4 is 0 Å². The van der Waals surface area contributed by atoms with Crippen molar-refractivity contribution in [2.24, 2.45) is 22.7 Å². The summed E-state index contributed by atoms with van der Waals surface area (Å²) in [6.45, 7) is 7.42. The maximum atomic E-state index is 2.58. The highest BCUT2D eigenvalue weighted by atomic mass is 14.6. The molecule has 4 atom stereocenters. The molecule has 4 aliphatic rings. The van der Waals surface area contributed by atoms with E-state index < -0.39 is 0 Å². The third-order valence-corrected chi connectivity index (χ3v) is 7.26. The molecule has 0 radical (unpaired) electrons. The van der Waals surface area contributed by atoms with Gasteiger partial charge < -0.3 is 0 Å². The van der Waals surface area contributed by atoms with Crippen LogP contribution in [0.5, 0.6) is 0 Å². The molecule has 1 saturated carbocycles. The van der Waals surface area contributed by atoms with Crippen LogP contribution in [-0.2, 0) is 0 Å². The molecular formula is C21H28. The quantitative estimate of drug-likeness (QED) is 0.518. The van der Waals surface area contributed by atoms with Gasteiger partial charge >= 0.3 is 0 Å². The highest BCUT2D eigenvalue weighted by Gasteiger charge is 2.51. The zero-order chi connectivity index (χ0) is 14.7. The minimum absolute atomic E-state index is 0.202. The molecule has 0 unspecified atom stereocenters. The fourth-order valence-electron chi connectivity index (χ4n) is 5.90. The van der Waals surface area contributed by atoms with Gasteiger partial charge in [0.1, 0.15) is 0 Å². The lowest BCUT2D eigenvalue weighted by Gasteiger charge is -2.48. The Labute approximate surface area is 129 Å². The van der Waals surface area contributed by atoms with Crippen molar-refractivity contribution in [3.05, 3.63) is 47.1 Å². The summed E-state index contributed by atoms with van der Waals surface area (Å²) < 4.78 is 0. The molecule has 0 aromatic heterocycles. The summed E-state index contributed by atoms with van der Waals surface area (Å²) in [6.07, 6.45) is 20.2. The molecule has 0 aromatic carbocycles. The van der Waals surface area contributed by atoms with Crippen LogP contribution in [0.3, 0.4) is 0 Å². The van der Waals surface area contributed by atoms with Crippen LogP contribution in [0.1, 0.15) is 59.3 Å². The molecule has 0 bridgehead atoms. The molecular weight excluding hydrogens is 252 g/mol. The number of hydrogen-bond donors (Lipinski definition) is 0. The second kappa shape index (κ2) is 4.48. The van der Waals surface area contributed by atoms with E-state index in [2.05, 4.69) is 51.2 Å². The minimum Gasteiger partial charge on any atom is -0.0835 e. The smallest absolute Gasteiger partial charge is 0.0316 e. The molecule has 0 amide bonds. The van der Waals surface area contributed by atoms with Gasteiger partial charge in [-0.2, -0.15) is 0 Å². The number of allylic oxidation sites excluding steroid dienone is 8. The molecule has 4 rings (SSSR count). The van der Waals surface area contributed by atoms with Gasteiger partial charge in [-0.05, 0) is 67.4 Å². The van der Waals surface area contributed by atoms with Gasteiger partial charge in [0.15, 0.2) is 0 Å². The molecule has 0 heteroatoms. The molecule has 1 fully saturated rings. The summed E-state index contributed by atoms with van der Waals surface area (Å²) in [5.41, 5.74) is 5.76. The van der Waals surface area contributed by atoms with E-state index in [0.717, 1.165) is 18.3 Å². The fourth-order valence-corrected chi connectivity index (χ4v) is 5.90. The van der Waals surface area contributed by atoms with E-state index in [-0.39, 0.29) is 5.41 Å². The first kappa shape index (κ1) is 13.6. The first-order valence-corrected chi connectivity index (χ1v) is 8.89. The molecule has 0 saturated heterocycles. The molecule has 0 aromatic rings. The zero-order valence-electron chi connectivity index (χ0n) is 13.8. The first-order valence-electron chi connectivity index (χ1n) is 8.89. The molecule has 21 heavy (non-hydrogen) atoms. The van der Waals surface area contributed by atoms with E-state index >= 15 is 0 Å². The second-order valence-electron chi connectivity index (χ2n) is 8.01. The predicted octanol–water partition coefficient (Wildman–Crippen LogP) is 5.98. The first-order chi connectivity index (χ1) is 10.1. The van der Waals surface area contributed by atoms with E-state index in [4.69, 9.17) is 0 Å². The Morgan fingerprint density at radius 3 is 2.86 bits per heavy atom. The Morgan fingerprint density at radius 2 is 2.05 bits per heavy atom. The van der Waals surface area contributed by atoms with Gasteiger partial charge in [0.05, 0.1) is 0 Å². The SMILES string of the molecule is CC[C@H]1CC[C@H]2C3=C(CC[C@]12C)[C@@]1(C)C=CCC=C1C=C3. The maximum Gasteiger partial charge on any atom is 0.0316 e. The lowest BCUT2D eigenvalue weighted by Crippen LogP contribution is -2.37. The predicted molar refractivity (Wildman–Crippen MR) is 90.0 cm³/mol. The Balaban J connectivity index is 1.81. The molecule has 0 N–H and O–H groups in total. The monoisotopic (exact) mass is 280 g/mol. The van der Waals surface area contributed by atoms with Gasteiger partial charge in [0.2, 0.25) is 0 Å². The van der Waals surface area contributed by atoms with Crippen molar-refractivity contribution in [3.8, 4) is 0 Å². The van der Waals surface area contributed by atoms with Gasteiger partial charge in [-0.3, -0.25) is 0 Å². The van der Waals surface area contributed by atoms with Crippen molar-refractivity contribution in [2.75, 3.05) is 0 Å². The van der Waals surface area contributed by atoms with Crippen molar-refractivity contribution in [2.45, 2.75) is 59.3 Å². The van der Waals surface area contributed by atoms with Gasteiger partial charge in [-0.15, -0.1) is 0 Å². The average molecular weight is 280 g/mol. The van der Waals surface area contributed by atoms with E-state index in [1.807, 2.05) is 0 Å². The summed E-state index contributed by atoms with van der Waals surface area (Å²) in [5.74, 6) is 1.76. The molecule has 0 heterocycles. The van der Waals surface area contributed by atoms with Crippen LogP contribution in [0.15, 0.2) is 47.1 Å². The van der Waals surface area contributed by atoms with Crippen molar-refractivity contribution in [1.82, 2.24) is 0 Å². The Bertz CT molecular complexity index is 585. The van der Waals surface area contributed by atoms with Crippen molar-refractivity contribution < 1.29 is 0 Å². The van der Waals surface area contributed by atoms with Crippen LogP contribution < -0.4 is 0 Å². The molecule has 4 aliphatic carbocycles. The third kappa shape index (κ3) is 1.68. The lowest BCUT2D eigenvalue weighted by atomic mass is 9.56. The van der Waals surface area contributed by atoms with E-state index in [0.29, 0.717) is 5.41 Å². The van der Waals surface area contributed by atoms with E-state index in [1.54, 1.807) is 11.1 Å². The van der Waals surface area contributed by atoms with Crippen LogP contribution >= 0.6 is 0 Å². The summed E-state index contributed by atoms with van der Waals surface area (Å²) in [5, 5.41) is 0. The number of fused-ring (bicyclic) bond motifs is 4. The van der Waals surface area contributed by atoms with Crippen molar-refractivity contribution in [3.63, 3.8) is 0 Å². The third-order valence-electron chi connectivity index (χ3n) is 7.26. The molecule has 0 aliphatic heterocycles.